The summed E-state index contributed by atoms with van der Waals surface area (Å²) in [5, 5.41) is 14.5. The molecule has 12 heteroatoms. The molecule has 31 heavy (non-hydrogen) atoms. The van der Waals surface area contributed by atoms with Gasteiger partial charge in [-0.25, -0.2) is 4.98 Å². The lowest BCUT2D eigenvalue weighted by Gasteiger charge is -2.32. The first-order valence-electron chi connectivity index (χ1n) is 9.52. The Morgan fingerprint density at radius 2 is 2.10 bits per heavy atom. The van der Waals surface area contributed by atoms with Crippen LogP contribution in [0.5, 0.6) is 11.5 Å². The lowest BCUT2D eigenvalue weighted by Crippen LogP contribution is -2.44. The summed E-state index contributed by atoms with van der Waals surface area (Å²) in [5.41, 5.74) is 2.35. The van der Waals surface area contributed by atoms with E-state index in [4.69, 9.17) is 4.74 Å². The number of carbonyl (C=O) groups is 1. The molecule has 1 aliphatic heterocycles. The van der Waals surface area contributed by atoms with Gasteiger partial charge in [-0.1, -0.05) is 0 Å². The van der Waals surface area contributed by atoms with Crippen LogP contribution in [-0.2, 0) is 6.54 Å². The Hall–Kier alpha value is -2.86. The van der Waals surface area contributed by atoms with Gasteiger partial charge in [-0.05, 0) is 25.8 Å². The molecule has 168 valence electrons. The first kappa shape index (κ1) is 22.8. The highest BCUT2D eigenvalue weighted by Crippen LogP contribution is 2.36. The largest absolute Gasteiger partial charge is 0.493 e. The van der Waals surface area contributed by atoms with E-state index in [1.165, 1.54) is 24.5 Å². The van der Waals surface area contributed by atoms with E-state index in [0.717, 1.165) is 6.07 Å². The third kappa shape index (κ3) is 5.64. The molecular weight excluding hydrogens is 434 g/mol. The lowest BCUT2D eigenvalue weighted by molar-refractivity contribution is -0.385. The van der Waals surface area contributed by atoms with E-state index in [1.807, 2.05) is 4.90 Å². The van der Waals surface area contributed by atoms with Gasteiger partial charge < -0.3 is 14.8 Å². The van der Waals surface area contributed by atoms with E-state index >= 15 is 0 Å². The second-order valence-corrected chi connectivity index (χ2v) is 7.91. The molecule has 0 bridgehead atoms. The van der Waals surface area contributed by atoms with E-state index in [0.29, 0.717) is 42.1 Å². The average molecular weight is 456 g/mol. The van der Waals surface area contributed by atoms with Gasteiger partial charge in [0.15, 0.2) is 11.5 Å². The molecule has 0 aliphatic carbocycles. The summed E-state index contributed by atoms with van der Waals surface area (Å²) in [6, 6.07) is 2.32. The van der Waals surface area contributed by atoms with Crippen molar-refractivity contribution in [3.05, 3.63) is 43.9 Å². The van der Waals surface area contributed by atoms with Gasteiger partial charge in [0, 0.05) is 31.2 Å². The zero-order chi connectivity index (χ0) is 22.5. The van der Waals surface area contributed by atoms with Gasteiger partial charge in [0.2, 0.25) is 0 Å². The van der Waals surface area contributed by atoms with Gasteiger partial charge in [-0.3, -0.25) is 19.8 Å². The van der Waals surface area contributed by atoms with Crippen molar-refractivity contribution in [3.63, 3.8) is 0 Å². The number of halogens is 2. The molecule has 0 unspecified atom stereocenters. The predicted molar refractivity (Wildman–Crippen MR) is 109 cm³/mol. The molecule has 1 saturated heterocycles. The number of benzene rings is 1. The molecule has 1 N–H and O–H groups in total. The minimum absolute atomic E-state index is 0.00276. The number of aromatic nitrogens is 1. The summed E-state index contributed by atoms with van der Waals surface area (Å²) in [5.74, 6) is -0.524. The normalized spacial score (nSPS) is 15.1. The molecule has 1 aromatic heterocycles. The third-order valence-electron chi connectivity index (χ3n) is 5.05. The number of alkyl halides is 2. The number of carbonyl (C=O) groups excluding carboxylic acids is 1. The number of ether oxygens (including phenoxy) is 2. The highest BCUT2D eigenvalue weighted by molar-refractivity contribution is 7.11. The number of hydrogen-bond acceptors (Lipinski definition) is 8. The zero-order valence-corrected chi connectivity index (χ0v) is 17.8. The molecule has 3 rings (SSSR count). The van der Waals surface area contributed by atoms with Crippen LogP contribution in [-0.4, -0.2) is 53.6 Å². The van der Waals surface area contributed by atoms with Crippen LogP contribution in [0.2, 0.25) is 0 Å². The van der Waals surface area contributed by atoms with Gasteiger partial charge in [0.05, 0.1) is 29.3 Å². The van der Waals surface area contributed by atoms with Crippen molar-refractivity contribution in [2.75, 3.05) is 20.2 Å². The highest BCUT2D eigenvalue weighted by atomic mass is 32.1. The fourth-order valence-electron chi connectivity index (χ4n) is 3.48. The number of nitrogens with one attached hydrogen (secondary N) is 1. The summed E-state index contributed by atoms with van der Waals surface area (Å²) < 4.78 is 34.6. The van der Waals surface area contributed by atoms with Crippen LogP contribution < -0.4 is 14.8 Å². The van der Waals surface area contributed by atoms with Crippen LogP contribution in [0.4, 0.5) is 14.5 Å². The maximum Gasteiger partial charge on any atom is 0.387 e. The van der Waals surface area contributed by atoms with E-state index in [2.05, 4.69) is 15.0 Å². The summed E-state index contributed by atoms with van der Waals surface area (Å²) in [7, 11) is 1.28. The Kier molecular flexibility index (Phi) is 7.33. The number of rotatable bonds is 8. The molecule has 9 nitrogen and oxygen atoms in total. The summed E-state index contributed by atoms with van der Waals surface area (Å²) in [6.07, 6.45) is 1.36. The summed E-state index contributed by atoms with van der Waals surface area (Å²) >= 11 is 1.29. The van der Waals surface area contributed by atoms with Gasteiger partial charge in [0.25, 0.3) is 11.6 Å². The fraction of sp³-hybridized carbons (Fsp3) is 0.474. The number of aryl methyl sites for hydroxylation is 1. The van der Waals surface area contributed by atoms with Crippen LogP contribution in [0.3, 0.4) is 0 Å². The Labute approximate surface area is 181 Å². The second kappa shape index (κ2) is 9.96. The number of nitrogens with zero attached hydrogens (tertiary/aromatic N) is 3. The molecule has 1 aliphatic rings. The molecule has 0 spiro atoms. The topological polar surface area (TPSA) is 107 Å². The van der Waals surface area contributed by atoms with Gasteiger partial charge in [-0.2, -0.15) is 8.78 Å². The van der Waals surface area contributed by atoms with Crippen molar-refractivity contribution in [2.45, 2.75) is 39.0 Å². The molecule has 2 heterocycles. The van der Waals surface area contributed by atoms with Crippen molar-refractivity contribution in [2.24, 2.45) is 0 Å². The fourth-order valence-corrected chi connectivity index (χ4v) is 4.19. The molecule has 1 amide bonds. The molecule has 0 saturated carbocycles. The van der Waals surface area contributed by atoms with Crippen LogP contribution in [0.15, 0.2) is 17.6 Å². The third-order valence-corrected chi connectivity index (χ3v) is 5.97. The molecule has 0 atom stereocenters. The number of likely N-dealkylation sites (tertiary alicyclic amines) is 1. The van der Waals surface area contributed by atoms with Crippen LogP contribution in [0.1, 0.15) is 33.8 Å². The highest BCUT2D eigenvalue weighted by Gasteiger charge is 2.26. The molecule has 2 aromatic rings. The Morgan fingerprint density at radius 1 is 1.39 bits per heavy atom. The predicted octanol–water partition coefficient (Wildman–Crippen LogP) is 3.36. The van der Waals surface area contributed by atoms with Crippen molar-refractivity contribution in [3.8, 4) is 11.5 Å². The maximum absolute atomic E-state index is 12.6. The number of hydrogen-bond donors (Lipinski definition) is 1. The lowest BCUT2D eigenvalue weighted by atomic mass is 10.0. The number of thiazole rings is 1. The summed E-state index contributed by atoms with van der Waals surface area (Å²) in [6.45, 7) is 0.133. The smallest absolute Gasteiger partial charge is 0.387 e. The monoisotopic (exact) mass is 456 g/mol. The van der Waals surface area contributed by atoms with E-state index in [1.54, 1.807) is 12.4 Å². The van der Waals surface area contributed by atoms with Crippen LogP contribution >= 0.6 is 11.3 Å². The number of amides is 1. The maximum atomic E-state index is 12.6. The number of methoxy groups -OCH3 is 1. The van der Waals surface area contributed by atoms with Crippen molar-refractivity contribution < 1.29 is 28.0 Å². The zero-order valence-electron chi connectivity index (χ0n) is 17.0. The second-order valence-electron chi connectivity index (χ2n) is 7.06. The first-order chi connectivity index (χ1) is 14.8. The number of piperidine rings is 1. The van der Waals surface area contributed by atoms with E-state index < -0.39 is 11.5 Å². The summed E-state index contributed by atoms with van der Waals surface area (Å²) in [4.78, 5) is 29.9. The SMILES string of the molecule is COc1cc(CN2CCC(NC(=O)c3scnc3C)CC2)c([N+](=O)[O-])cc1OC(F)F. The molecule has 0 radical (unpaired) electrons. The number of nitro benzene ring substituents is 1. The molecule has 1 fully saturated rings. The van der Waals surface area contributed by atoms with Crippen molar-refractivity contribution in [1.29, 1.82) is 0 Å². The van der Waals surface area contributed by atoms with Gasteiger partial charge >= 0.3 is 6.61 Å². The van der Waals surface area contributed by atoms with Gasteiger partial charge in [0.1, 0.15) is 4.88 Å². The standard InChI is InChI=1S/C19H22F2N4O5S/c1-11-17(31-10-22-11)18(26)23-13-3-5-24(6-4-13)9-12-7-15(29-2)16(30-19(20)21)8-14(12)25(27)28/h7-8,10,13,19H,3-6,9H2,1-2H3,(H,23,26). The van der Waals surface area contributed by atoms with Crippen molar-refractivity contribution in [1.82, 2.24) is 15.2 Å². The number of nitro groups is 1. The minimum Gasteiger partial charge on any atom is -0.493 e. The quantitative estimate of drug-likeness (QED) is 0.479. The van der Waals surface area contributed by atoms with E-state index in [-0.39, 0.29) is 35.7 Å². The van der Waals surface area contributed by atoms with Gasteiger partial charge in [-0.15, -0.1) is 11.3 Å². The molecule has 1 aromatic carbocycles. The Bertz CT molecular complexity index is 947. The van der Waals surface area contributed by atoms with Crippen LogP contribution in [0, 0.1) is 17.0 Å². The Balaban J connectivity index is 1.65. The minimum atomic E-state index is -3.12. The Morgan fingerprint density at radius 3 is 2.65 bits per heavy atom. The van der Waals surface area contributed by atoms with E-state index in [9.17, 15) is 23.7 Å². The first-order valence-corrected chi connectivity index (χ1v) is 10.4. The van der Waals surface area contributed by atoms with Crippen LogP contribution in [0.25, 0.3) is 0 Å². The van der Waals surface area contributed by atoms with Crippen molar-refractivity contribution >= 4 is 22.9 Å². The average Bonchev–Trinajstić information content (AvgIpc) is 3.15. The molecular formula is C19H22F2N4O5S.